The summed E-state index contributed by atoms with van der Waals surface area (Å²) in [6, 6.07) is 0. The highest BCUT2D eigenvalue weighted by Crippen LogP contribution is 2.40. The summed E-state index contributed by atoms with van der Waals surface area (Å²) < 4.78 is 20.6. The quantitative estimate of drug-likeness (QED) is 0.494. The molecule has 2 rings (SSSR count). The van der Waals surface area contributed by atoms with Gasteiger partial charge < -0.3 is 17.8 Å². The molecule has 0 amide bonds. The van der Waals surface area contributed by atoms with Crippen molar-refractivity contribution in [2.45, 2.75) is 59.7 Å². The first-order valence-corrected chi connectivity index (χ1v) is 8.60. The molecule has 2 aliphatic heterocycles. The maximum absolute atomic E-state index is 12.4. The average Bonchev–Trinajstić information content (AvgIpc) is 3.31. The zero-order chi connectivity index (χ0) is 17.3. The average molecular weight is 346 g/mol. The van der Waals surface area contributed by atoms with Gasteiger partial charge in [-0.3, -0.25) is 9.59 Å². The number of carbonyl (C=O) groups is 2. The highest BCUT2D eigenvalue weighted by atomic mass is 32.2. The summed E-state index contributed by atoms with van der Waals surface area (Å²) in [7, 11) is 0. The first-order chi connectivity index (χ1) is 10.6. The van der Waals surface area contributed by atoms with Crippen LogP contribution in [-0.4, -0.2) is 37.4 Å². The van der Waals surface area contributed by atoms with Gasteiger partial charge in [-0.1, -0.05) is 0 Å². The number of ether oxygens (including phenoxy) is 2. The van der Waals surface area contributed by atoms with Crippen molar-refractivity contribution in [1.82, 2.24) is 0 Å². The molecule has 0 N–H and O–H groups in total. The van der Waals surface area contributed by atoms with Crippen molar-refractivity contribution in [2.75, 3.05) is 13.2 Å². The van der Waals surface area contributed by atoms with Gasteiger partial charge >= 0.3 is 11.9 Å². The van der Waals surface area contributed by atoms with Gasteiger partial charge in [0.15, 0.2) is 0 Å². The Morgan fingerprint density at radius 1 is 1.00 bits per heavy atom. The van der Waals surface area contributed by atoms with Gasteiger partial charge in [0.2, 0.25) is 0 Å². The molecule has 132 valence electrons. The summed E-state index contributed by atoms with van der Waals surface area (Å²) >= 11 is 0.448. The lowest BCUT2D eigenvalue weighted by atomic mass is 9.74. The number of rotatable bonds is 8. The van der Waals surface area contributed by atoms with Crippen LogP contribution in [0.25, 0.3) is 0 Å². The molecule has 0 aromatic carbocycles. The predicted octanol–water partition coefficient (Wildman–Crippen LogP) is 2.90. The Morgan fingerprint density at radius 3 is 1.83 bits per heavy atom. The van der Waals surface area contributed by atoms with Crippen LogP contribution in [0.15, 0.2) is 0 Å². The van der Waals surface area contributed by atoms with Gasteiger partial charge in [-0.15, -0.1) is 0 Å². The number of epoxide rings is 2. The van der Waals surface area contributed by atoms with Crippen LogP contribution in [0.4, 0.5) is 0 Å². The molecule has 2 aliphatic rings. The lowest BCUT2D eigenvalue weighted by Gasteiger charge is -2.31. The molecule has 0 saturated carbocycles. The minimum Gasteiger partial charge on any atom is -0.373 e. The van der Waals surface area contributed by atoms with E-state index in [1.807, 2.05) is 13.8 Å². The van der Waals surface area contributed by atoms with Crippen molar-refractivity contribution < 1.29 is 27.4 Å². The molecular weight excluding hydrogens is 320 g/mol. The Labute approximate surface area is 142 Å². The third kappa shape index (κ3) is 5.65. The van der Waals surface area contributed by atoms with Crippen LogP contribution >= 0.6 is 12.3 Å². The van der Waals surface area contributed by atoms with Crippen molar-refractivity contribution in [3.63, 3.8) is 0 Å². The molecule has 0 aliphatic carbocycles. The van der Waals surface area contributed by atoms with E-state index in [-0.39, 0.29) is 18.1 Å². The van der Waals surface area contributed by atoms with Crippen LogP contribution in [0.1, 0.15) is 47.5 Å². The van der Waals surface area contributed by atoms with E-state index in [0.29, 0.717) is 12.3 Å². The normalized spacial score (nSPS) is 24.7. The van der Waals surface area contributed by atoms with Gasteiger partial charge in [-0.2, -0.15) is 0 Å². The molecule has 2 atom stereocenters. The van der Waals surface area contributed by atoms with Crippen molar-refractivity contribution >= 4 is 24.3 Å². The summed E-state index contributed by atoms with van der Waals surface area (Å²) in [6.45, 7) is 10.4. The smallest absolute Gasteiger partial charge is 0.326 e. The van der Waals surface area contributed by atoms with E-state index >= 15 is 0 Å². The first-order valence-electron chi connectivity index (χ1n) is 7.94. The number of carbonyl (C=O) groups excluding carboxylic acids is 2. The molecule has 0 aromatic rings. The first kappa shape index (κ1) is 18.5. The molecule has 2 saturated heterocycles. The van der Waals surface area contributed by atoms with E-state index in [9.17, 15) is 9.59 Å². The highest BCUT2D eigenvalue weighted by molar-refractivity contribution is 7.90. The second-order valence-electron chi connectivity index (χ2n) is 7.86. The second-order valence-corrected chi connectivity index (χ2v) is 8.33. The van der Waals surface area contributed by atoms with Gasteiger partial charge in [0, 0.05) is 0 Å². The number of hydrogen-bond acceptors (Lipinski definition) is 7. The van der Waals surface area contributed by atoms with Gasteiger partial charge in [-0.05, 0) is 53.4 Å². The van der Waals surface area contributed by atoms with Crippen molar-refractivity contribution in [2.24, 2.45) is 16.7 Å². The summed E-state index contributed by atoms with van der Waals surface area (Å²) in [5.74, 6) is -0.716. The zero-order valence-corrected chi connectivity index (χ0v) is 15.2. The summed E-state index contributed by atoms with van der Waals surface area (Å²) in [5, 5.41) is 0. The Balaban J connectivity index is 1.84. The van der Waals surface area contributed by atoms with Gasteiger partial charge in [0.1, 0.15) is 0 Å². The molecule has 23 heavy (non-hydrogen) atoms. The molecule has 0 bridgehead atoms. The molecule has 7 heteroatoms. The van der Waals surface area contributed by atoms with Gasteiger partial charge in [0.05, 0.1) is 36.3 Å². The SMILES string of the molecule is CC(C)(C)C(=O)OSOC(=O)C(C)(C)C(CC1CO1)CC1CO1. The fraction of sp³-hybridized carbons (Fsp3) is 0.875. The predicted molar refractivity (Wildman–Crippen MR) is 85.2 cm³/mol. The van der Waals surface area contributed by atoms with Crippen molar-refractivity contribution in [1.29, 1.82) is 0 Å². The lowest BCUT2D eigenvalue weighted by Crippen LogP contribution is -2.35. The Kier molecular flexibility index (Phi) is 5.63. The van der Waals surface area contributed by atoms with E-state index < -0.39 is 22.8 Å². The Hall–Kier alpha value is -0.790. The molecule has 0 spiro atoms. The highest BCUT2D eigenvalue weighted by Gasteiger charge is 2.44. The van der Waals surface area contributed by atoms with Crippen LogP contribution in [-0.2, 0) is 27.4 Å². The maximum Gasteiger partial charge on any atom is 0.326 e. The molecule has 6 nitrogen and oxygen atoms in total. The van der Waals surface area contributed by atoms with E-state index in [2.05, 4.69) is 0 Å². The summed E-state index contributed by atoms with van der Waals surface area (Å²) in [5.41, 5.74) is -1.33. The third-order valence-electron chi connectivity index (χ3n) is 4.28. The van der Waals surface area contributed by atoms with Crippen LogP contribution < -0.4 is 0 Å². The lowest BCUT2D eigenvalue weighted by molar-refractivity contribution is -0.148. The fourth-order valence-electron chi connectivity index (χ4n) is 2.21. The fourth-order valence-corrected chi connectivity index (χ4v) is 2.83. The van der Waals surface area contributed by atoms with Crippen LogP contribution in [0, 0.1) is 16.7 Å². The minimum atomic E-state index is -0.695. The summed E-state index contributed by atoms with van der Waals surface area (Å²) in [6.07, 6.45) is 2.09. The molecule has 2 unspecified atom stereocenters. The molecule has 0 radical (unpaired) electrons. The van der Waals surface area contributed by atoms with E-state index in [0.717, 1.165) is 26.1 Å². The Morgan fingerprint density at radius 2 is 1.43 bits per heavy atom. The topological polar surface area (TPSA) is 77.7 Å². The van der Waals surface area contributed by atoms with Crippen LogP contribution in [0.5, 0.6) is 0 Å². The Bertz CT molecular complexity index is 434. The summed E-state index contributed by atoms with van der Waals surface area (Å²) in [4.78, 5) is 24.1. The third-order valence-corrected chi connectivity index (χ3v) is 4.72. The molecule has 2 heterocycles. The zero-order valence-electron chi connectivity index (χ0n) is 14.4. The van der Waals surface area contributed by atoms with Crippen LogP contribution in [0.3, 0.4) is 0 Å². The minimum absolute atomic E-state index is 0.105. The van der Waals surface area contributed by atoms with Crippen molar-refractivity contribution in [3.05, 3.63) is 0 Å². The van der Waals surface area contributed by atoms with E-state index in [1.54, 1.807) is 20.8 Å². The van der Waals surface area contributed by atoms with Crippen molar-refractivity contribution in [3.8, 4) is 0 Å². The van der Waals surface area contributed by atoms with Gasteiger partial charge in [-0.25, -0.2) is 0 Å². The molecular formula is C16H26O6S. The van der Waals surface area contributed by atoms with Crippen LogP contribution in [0.2, 0.25) is 0 Å². The van der Waals surface area contributed by atoms with E-state index in [4.69, 9.17) is 17.8 Å². The maximum atomic E-state index is 12.4. The van der Waals surface area contributed by atoms with E-state index in [1.165, 1.54) is 0 Å². The van der Waals surface area contributed by atoms with Gasteiger partial charge in [0.25, 0.3) is 12.3 Å². The largest absolute Gasteiger partial charge is 0.373 e. The monoisotopic (exact) mass is 346 g/mol. The second kappa shape index (κ2) is 6.99. The molecule has 0 aromatic heterocycles. The molecule has 2 fully saturated rings. The number of hydrogen-bond donors (Lipinski definition) is 0. The standard InChI is InChI=1S/C16H26O6S/c1-15(2,3)13(17)21-23-22-14(18)16(4,5)10(6-11-8-19-11)7-12-9-20-12/h10-12H,6-9H2,1-5H3.